The van der Waals surface area contributed by atoms with E-state index in [1.807, 2.05) is 13.8 Å². The Morgan fingerprint density at radius 3 is 2.28 bits per heavy atom. The van der Waals surface area contributed by atoms with Crippen molar-refractivity contribution in [3.8, 4) is 11.5 Å². The minimum absolute atomic E-state index is 0.0949. The van der Waals surface area contributed by atoms with E-state index in [-0.39, 0.29) is 30.4 Å². The predicted molar refractivity (Wildman–Crippen MR) is 255 cm³/mol. The number of aliphatic hydroxyl groups excluding tert-OH is 1. The highest BCUT2D eigenvalue weighted by Crippen LogP contribution is 2.38. The number of methoxy groups -OCH3 is 1. The molecule has 26 heteroatoms. The van der Waals surface area contributed by atoms with Gasteiger partial charge in [0.25, 0.3) is 0 Å². The van der Waals surface area contributed by atoms with Gasteiger partial charge >= 0.3 is 7.82 Å². The van der Waals surface area contributed by atoms with Crippen molar-refractivity contribution in [3.05, 3.63) is 41.5 Å². The smallest absolute Gasteiger partial charge is 0.469 e. The number of hydrogen-bond acceptors (Lipinski definition) is 16. The number of nitrogens with one attached hydrogen (secondary N) is 4. The number of phosphoric ester groups is 1. The Hall–Kier alpha value is -5.69. The van der Waals surface area contributed by atoms with Crippen LogP contribution < -0.4 is 31.7 Å². The van der Waals surface area contributed by atoms with Gasteiger partial charge in [-0.1, -0.05) is 25.4 Å². The molecule has 2 aromatic rings. The molecule has 6 atom stereocenters. The molecule has 0 saturated carbocycles. The molecule has 6 amide bonds. The van der Waals surface area contributed by atoms with E-state index in [2.05, 4.69) is 40.8 Å². The van der Waals surface area contributed by atoms with Crippen LogP contribution in [0.15, 0.2) is 29.8 Å². The number of carbonyl (C=O) groups excluding carboxylic acids is 6. The second kappa shape index (κ2) is 28.4. The largest absolute Gasteiger partial charge is 0.507 e. The molecule has 2 aliphatic heterocycles. The minimum Gasteiger partial charge on any atom is -0.507 e. The first-order valence-electron chi connectivity index (χ1n) is 23.7. The van der Waals surface area contributed by atoms with E-state index < -0.39 is 80.3 Å². The van der Waals surface area contributed by atoms with Gasteiger partial charge < -0.3 is 70.8 Å². The molecule has 3 heterocycles. The van der Waals surface area contributed by atoms with Crippen LogP contribution in [0.5, 0.6) is 11.5 Å². The topological polar surface area (TPSA) is 348 Å². The Morgan fingerprint density at radius 2 is 1.63 bits per heavy atom. The van der Waals surface area contributed by atoms with Crippen molar-refractivity contribution in [1.29, 1.82) is 0 Å². The molecular formula is C45H71N10O15P. The van der Waals surface area contributed by atoms with Crippen LogP contribution >= 0.6 is 7.82 Å². The van der Waals surface area contributed by atoms with Crippen molar-refractivity contribution < 1.29 is 72.2 Å². The van der Waals surface area contributed by atoms with Crippen molar-refractivity contribution in [1.82, 2.24) is 40.6 Å². The Bertz CT molecular complexity index is 2180. The number of rotatable bonds is 29. The maximum atomic E-state index is 14.1. The third kappa shape index (κ3) is 18.8. The minimum atomic E-state index is -5.14. The van der Waals surface area contributed by atoms with Gasteiger partial charge in [-0.05, 0) is 63.5 Å². The third-order valence-corrected chi connectivity index (χ3v) is 12.5. The summed E-state index contributed by atoms with van der Waals surface area (Å²) in [6.07, 6.45) is 6.75. The first kappa shape index (κ1) is 57.9. The van der Waals surface area contributed by atoms with Crippen molar-refractivity contribution in [3.63, 3.8) is 0 Å². The van der Waals surface area contributed by atoms with Gasteiger partial charge in [0.05, 0.1) is 45.6 Å². The number of phenols is 1. The third-order valence-electron chi connectivity index (χ3n) is 11.9. The van der Waals surface area contributed by atoms with Crippen LogP contribution in [0.2, 0.25) is 0 Å². The van der Waals surface area contributed by atoms with Gasteiger partial charge in [-0.25, -0.2) is 9.55 Å². The number of amides is 6. The van der Waals surface area contributed by atoms with E-state index in [0.29, 0.717) is 87.7 Å². The molecule has 0 aliphatic carbocycles. The van der Waals surface area contributed by atoms with Gasteiger partial charge in [0.15, 0.2) is 0 Å². The molecule has 1 aromatic carbocycles. The van der Waals surface area contributed by atoms with Crippen LogP contribution in [0.25, 0.3) is 0 Å². The number of phenolic OH excluding ortho intramolecular Hbond substituents is 1. The number of likely N-dealkylation sites (tertiary alicyclic amines) is 1. The van der Waals surface area contributed by atoms with E-state index >= 15 is 0 Å². The van der Waals surface area contributed by atoms with Crippen LogP contribution in [0.1, 0.15) is 89.5 Å². The molecule has 25 nitrogen and oxygen atoms in total. The molecule has 2 fully saturated rings. The molecule has 71 heavy (non-hydrogen) atoms. The lowest BCUT2D eigenvalue weighted by molar-refractivity contribution is -0.139. The highest BCUT2D eigenvalue weighted by molar-refractivity contribution is 7.46. The number of hydrogen-bond donors (Lipinski definition) is 9. The molecule has 396 valence electrons. The Labute approximate surface area is 412 Å². The highest BCUT2D eigenvalue weighted by atomic mass is 31.2. The number of nitrogens with two attached hydrogens (primary N) is 1. The maximum Gasteiger partial charge on any atom is 0.469 e. The lowest BCUT2D eigenvalue weighted by Gasteiger charge is -2.28. The van der Waals surface area contributed by atoms with E-state index in [1.165, 1.54) is 24.2 Å². The van der Waals surface area contributed by atoms with E-state index in [9.17, 15) is 53.3 Å². The zero-order valence-corrected chi connectivity index (χ0v) is 41.9. The maximum absolute atomic E-state index is 14.1. The van der Waals surface area contributed by atoms with Crippen LogP contribution in [-0.2, 0) is 66.9 Å². The van der Waals surface area contributed by atoms with E-state index in [0.717, 1.165) is 32.9 Å². The summed E-state index contributed by atoms with van der Waals surface area (Å²) in [4.78, 5) is 111. The molecule has 10 N–H and O–H groups in total. The summed E-state index contributed by atoms with van der Waals surface area (Å²) >= 11 is 0. The highest BCUT2D eigenvalue weighted by Gasteiger charge is 2.37. The molecule has 0 radical (unpaired) electrons. The fraction of sp³-hybridized carbons (Fsp3) is 0.644. The Morgan fingerprint density at radius 1 is 0.958 bits per heavy atom. The van der Waals surface area contributed by atoms with Gasteiger partial charge in [0.2, 0.25) is 35.4 Å². The summed E-state index contributed by atoms with van der Waals surface area (Å²) in [5.41, 5.74) is 7.04. The van der Waals surface area contributed by atoms with Gasteiger partial charge in [0.1, 0.15) is 48.3 Å². The predicted octanol–water partition coefficient (Wildman–Crippen LogP) is -0.445. The Kier molecular flexibility index (Phi) is 23.1. The zero-order chi connectivity index (χ0) is 52.3. The van der Waals surface area contributed by atoms with Crippen molar-refractivity contribution in [2.45, 2.75) is 128 Å². The number of benzene rings is 1. The monoisotopic (exact) mass is 1020 g/mol. The first-order valence-corrected chi connectivity index (χ1v) is 25.2. The standard InChI is InChI=1S/C45H71N10O15P/c1-28(2)19-35(50-45(63)38-11-10-13-55(38)30(4)57)42(60)49-36(43(61)51-37(26-56)44(62)52-39(41(46)59)29(3)70-71(64,65)66)22-33-24-47-27-54(33)12-8-6-7-9-16-69-48-23-31-20-34(67-5)21-32(40(31)58)25-53-14-17-68-18-15-53/h20-21,23-24,27-29,35-39,56,58H,6-19,22,25-26H2,1-5H3,(H2,46,59)(H,49,60)(H,50,63)(H,51,61)(H,52,62)(H2,64,65,66)/b48-23+/t29-,35+,36+,37+,38+,39+/m1/s1. The number of morpholine rings is 1. The fourth-order valence-corrected chi connectivity index (χ4v) is 8.74. The number of oxime groups is 1. The zero-order valence-electron chi connectivity index (χ0n) is 41.0. The summed E-state index contributed by atoms with van der Waals surface area (Å²) in [7, 11) is -3.58. The molecule has 4 rings (SSSR count). The number of primary amides is 1. The number of nitrogens with zero attached hydrogens (tertiary/aromatic N) is 5. The number of carbonyl (C=O) groups is 6. The number of phosphoric acid groups is 1. The molecular weight excluding hydrogens is 952 g/mol. The first-order chi connectivity index (χ1) is 33.7. The average Bonchev–Trinajstić information content (AvgIpc) is 4.00. The van der Waals surface area contributed by atoms with Crippen molar-refractivity contribution >= 4 is 49.5 Å². The van der Waals surface area contributed by atoms with Gasteiger partial charge in [-0.15, -0.1) is 0 Å². The summed E-state index contributed by atoms with van der Waals surface area (Å²) in [6.45, 7) is 9.54. The van der Waals surface area contributed by atoms with Crippen molar-refractivity contribution in [2.24, 2.45) is 16.8 Å². The lowest BCUT2D eigenvalue weighted by atomic mass is 10.0. The molecule has 2 aliphatic rings. The van der Waals surface area contributed by atoms with Crippen LogP contribution in [0.4, 0.5) is 0 Å². The normalized spacial score (nSPS) is 17.5. The number of aliphatic hydroxyl groups is 1. The molecule has 1 aromatic heterocycles. The number of aryl methyl sites for hydroxylation is 1. The van der Waals surface area contributed by atoms with E-state index in [4.69, 9.17) is 20.0 Å². The lowest BCUT2D eigenvalue weighted by Crippen LogP contribution is -2.61. The average molecular weight is 1020 g/mol. The number of aromatic nitrogens is 2. The molecule has 0 spiro atoms. The van der Waals surface area contributed by atoms with Crippen LogP contribution in [-0.4, -0.2) is 170 Å². The van der Waals surface area contributed by atoms with Crippen LogP contribution in [0, 0.1) is 5.92 Å². The number of aromatic hydroxyl groups is 1. The number of unbranched alkanes of at least 4 members (excludes halogenated alkanes) is 3. The number of ether oxygens (including phenoxy) is 2. The SMILES string of the molecule is COc1cc(/C=N/OCCCCCCn2cncc2C[C@H](NC(=O)[C@H](CC(C)C)NC(=O)[C@@H]2CCCN2C(C)=O)C(=O)N[C@@H](CO)C(=O)N[C@H](C(N)=O)[C@@H](C)OP(=O)(O)O)c(O)c(CN2CCOCC2)c1. The van der Waals surface area contributed by atoms with Gasteiger partial charge in [-0.3, -0.25) is 38.2 Å². The van der Waals surface area contributed by atoms with E-state index in [1.54, 1.807) is 30.1 Å². The van der Waals surface area contributed by atoms with Crippen molar-refractivity contribution in [2.75, 3.05) is 53.2 Å². The van der Waals surface area contributed by atoms with Crippen LogP contribution in [0.3, 0.4) is 0 Å². The molecule has 0 unspecified atom stereocenters. The fourth-order valence-electron chi connectivity index (χ4n) is 8.19. The number of imidazole rings is 1. The second-order valence-electron chi connectivity index (χ2n) is 17.9. The summed E-state index contributed by atoms with van der Waals surface area (Å²) in [5.74, 6) is -4.36. The summed E-state index contributed by atoms with van der Waals surface area (Å²) < 4.78 is 28.6. The van der Waals surface area contributed by atoms with Gasteiger partial charge in [-0.2, -0.15) is 0 Å². The second-order valence-corrected chi connectivity index (χ2v) is 19.1. The molecule has 2 saturated heterocycles. The quantitative estimate of drug-likeness (QED) is 0.0216. The summed E-state index contributed by atoms with van der Waals surface area (Å²) in [6, 6.07) is -3.46. The summed E-state index contributed by atoms with van der Waals surface area (Å²) in [5, 5.41) is 35.2. The molecule has 0 bridgehead atoms. The van der Waals surface area contributed by atoms with Gasteiger partial charge in [0, 0.05) is 69.1 Å². The Balaban J connectivity index is 1.41.